The molecular weight excluding hydrogens is 236 g/mol. The summed E-state index contributed by atoms with van der Waals surface area (Å²) in [5.74, 6) is 0.0293. The van der Waals surface area contributed by atoms with E-state index in [9.17, 15) is 8.42 Å². The summed E-state index contributed by atoms with van der Waals surface area (Å²) in [7, 11) is -3.21. The van der Waals surface area contributed by atoms with E-state index in [4.69, 9.17) is 5.73 Å². The average molecular weight is 256 g/mol. The van der Waals surface area contributed by atoms with E-state index < -0.39 is 10.0 Å². The Morgan fingerprint density at radius 3 is 2.29 bits per heavy atom. The highest BCUT2D eigenvalue weighted by molar-refractivity contribution is 7.88. The normalized spacial score (nSPS) is 11.6. The van der Waals surface area contributed by atoms with E-state index in [-0.39, 0.29) is 5.75 Å². The molecule has 0 fully saturated rings. The number of benzene rings is 1. The molecular formula is C12H20N2O2S. The smallest absolute Gasteiger partial charge is 0.215 e. The third kappa shape index (κ3) is 5.30. The molecule has 0 unspecified atom stereocenters. The zero-order valence-electron chi connectivity index (χ0n) is 10.1. The van der Waals surface area contributed by atoms with Crippen LogP contribution >= 0.6 is 0 Å². The van der Waals surface area contributed by atoms with E-state index >= 15 is 0 Å². The van der Waals surface area contributed by atoms with Crippen LogP contribution in [0.15, 0.2) is 24.3 Å². The fourth-order valence-electron chi connectivity index (χ4n) is 1.45. The van der Waals surface area contributed by atoms with Crippen molar-refractivity contribution in [2.45, 2.75) is 32.1 Å². The molecule has 17 heavy (non-hydrogen) atoms. The van der Waals surface area contributed by atoms with Gasteiger partial charge in [0.25, 0.3) is 0 Å². The maximum absolute atomic E-state index is 11.7. The Labute approximate surface area is 103 Å². The maximum Gasteiger partial charge on any atom is 0.215 e. The summed E-state index contributed by atoms with van der Waals surface area (Å²) in [6, 6.07) is 7.33. The standard InChI is InChI=1S/C12H20N2O2S/c1-2-3-8-14-17(15,16)10-12-6-4-11(9-13)5-7-12/h4-7,14H,2-3,8-10,13H2,1H3. The first-order valence-electron chi connectivity index (χ1n) is 5.82. The molecule has 5 heteroatoms. The Balaban J connectivity index is 2.56. The molecule has 0 aliphatic heterocycles. The lowest BCUT2D eigenvalue weighted by Gasteiger charge is -2.06. The lowest BCUT2D eigenvalue weighted by atomic mass is 10.1. The van der Waals surface area contributed by atoms with E-state index in [1.54, 1.807) is 12.1 Å². The third-order valence-electron chi connectivity index (χ3n) is 2.47. The van der Waals surface area contributed by atoms with E-state index in [0.717, 1.165) is 24.0 Å². The quantitative estimate of drug-likeness (QED) is 0.724. The summed E-state index contributed by atoms with van der Waals surface area (Å²) in [5, 5.41) is 0. The molecule has 0 saturated heterocycles. The fourth-order valence-corrected chi connectivity index (χ4v) is 2.64. The first-order chi connectivity index (χ1) is 8.07. The lowest BCUT2D eigenvalue weighted by Crippen LogP contribution is -2.26. The van der Waals surface area contributed by atoms with Crippen molar-refractivity contribution in [3.05, 3.63) is 35.4 Å². The number of hydrogen-bond acceptors (Lipinski definition) is 3. The van der Waals surface area contributed by atoms with Crippen LogP contribution in [0.1, 0.15) is 30.9 Å². The van der Waals surface area contributed by atoms with Crippen LogP contribution in [-0.2, 0) is 22.3 Å². The Morgan fingerprint density at radius 1 is 1.18 bits per heavy atom. The molecule has 0 spiro atoms. The summed E-state index contributed by atoms with van der Waals surface area (Å²) in [6.45, 7) is 3.02. The lowest BCUT2D eigenvalue weighted by molar-refractivity contribution is 0.577. The predicted molar refractivity (Wildman–Crippen MR) is 69.9 cm³/mol. The van der Waals surface area contributed by atoms with Gasteiger partial charge >= 0.3 is 0 Å². The highest BCUT2D eigenvalue weighted by Gasteiger charge is 2.10. The largest absolute Gasteiger partial charge is 0.326 e. The van der Waals surface area contributed by atoms with Crippen LogP contribution in [0, 0.1) is 0 Å². The van der Waals surface area contributed by atoms with Crippen LogP contribution in [-0.4, -0.2) is 15.0 Å². The zero-order chi connectivity index (χ0) is 12.7. The maximum atomic E-state index is 11.7. The summed E-state index contributed by atoms with van der Waals surface area (Å²) in [4.78, 5) is 0. The topological polar surface area (TPSA) is 72.2 Å². The Hall–Kier alpha value is -0.910. The molecule has 0 atom stereocenters. The summed E-state index contributed by atoms with van der Waals surface area (Å²) in [6.07, 6.45) is 1.85. The minimum absolute atomic E-state index is 0.0293. The van der Waals surface area contributed by atoms with Crippen LogP contribution < -0.4 is 10.5 Å². The molecule has 0 amide bonds. The van der Waals surface area contributed by atoms with Crippen LogP contribution in [0.3, 0.4) is 0 Å². The van der Waals surface area contributed by atoms with Crippen molar-refractivity contribution in [2.24, 2.45) is 5.73 Å². The van der Waals surface area contributed by atoms with Gasteiger partial charge < -0.3 is 5.73 Å². The Morgan fingerprint density at radius 2 is 1.76 bits per heavy atom. The van der Waals surface area contributed by atoms with Gasteiger partial charge in [0, 0.05) is 13.1 Å². The number of hydrogen-bond donors (Lipinski definition) is 2. The van der Waals surface area contributed by atoms with Crippen LogP contribution in [0.5, 0.6) is 0 Å². The molecule has 0 saturated carbocycles. The Bertz CT molecular complexity index is 426. The zero-order valence-corrected chi connectivity index (χ0v) is 11.0. The average Bonchev–Trinajstić information content (AvgIpc) is 2.30. The van der Waals surface area contributed by atoms with Crippen LogP contribution in [0.4, 0.5) is 0 Å². The molecule has 1 aromatic carbocycles. The third-order valence-corrected chi connectivity index (χ3v) is 3.82. The van der Waals surface area contributed by atoms with Gasteiger partial charge in [-0.1, -0.05) is 37.6 Å². The fraction of sp³-hybridized carbons (Fsp3) is 0.500. The van der Waals surface area contributed by atoms with Gasteiger partial charge in [-0.2, -0.15) is 0 Å². The SMILES string of the molecule is CCCCNS(=O)(=O)Cc1ccc(CN)cc1. The summed E-state index contributed by atoms with van der Waals surface area (Å²) in [5.41, 5.74) is 7.27. The molecule has 96 valence electrons. The van der Waals surface area contributed by atoms with E-state index in [0.29, 0.717) is 13.1 Å². The number of rotatable bonds is 7. The molecule has 0 aliphatic rings. The predicted octanol–water partition coefficient (Wildman–Crippen LogP) is 1.36. The second-order valence-electron chi connectivity index (χ2n) is 4.03. The monoisotopic (exact) mass is 256 g/mol. The second-order valence-corrected chi connectivity index (χ2v) is 5.83. The molecule has 1 aromatic rings. The molecule has 4 nitrogen and oxygen atoms in total. The van der Waals surface area contributed by atoms with Crippen molar-refractivity contribution < 1.29 is 8.42 Å². The van der Waals surface area contributed by atoms with Gasteiger partial charge in [-0.3, -0.25) is 0 Å². The van der Waals surface area contributed by atoms with E-state index in [1.165, 1.54) is 0 Å². The Kier molecular flexibility index (Phi) is 5.61. The number of nitrogens with two attached hydrogens (primary N) is 1. The summed E-state index contributed by atoms with van der Waals surface area (Å²) >= 11 is 0. The minimum Gasteiger partial charge on any atom is -0.326 e. The van der Waals surface area contributed by atoms with Gasteiger partial charge in [-0.05, 0) is 17.5 Å². The van der Waals surface area contributed by atoms with E-state index in [2.05, 4.69) is 4.72 Å². The van der Waals surface area contributed by atoms with Crippen molar-refractivity contribution in [3.8, 4) is 0 Å². The van der Waals surface area contributed by atoms with E-state index in [1.807, 2.05) is 19.1 Å². The second kappa shape index (κ2) is 6.74. The van der Waals surface area contributed by atoms with Crippen molar-refractivity contribution in [1.29, 1.82) is 0 Å². The van der Waals surface area contributed by atoms with Crippen molar-refractivity contribution in [1.82, 2.24) is 4.72 Å². The van der Waals surface area contributed by atoms with Gasteiger partial charge in [0.15, 0.2) is 0 Å². The highest BCUT2D eigenvalue weighted by atomic mass is 32.2. The molecule has 3 N–H and O–H groups in total. The molecule has 0 aliphatic carbocycles. The van der Waals surface area contributed by atoms with Gasteiger partial charge in [-0.15, -0.1) is 0 Å². The van der Waals surface area contributed by atoms with Crippen molar-refractivity contribution in [3.63, 3.8) is 0 Å². The molecule has 1 rings (SSSR count). The van der Waals surface area contributed by atoms with Crippen LogP contribution in [0.25, 0.3) is 0 Å². The minimum atomic E-state index is -3.21. The van der Waals surface area contributed by atoms with Gasteiger partial charge in [0.05, 0.1) is 5.75 Å². The summed E-state index contributed by atoms with van der Waals surface area (Å²) < 4.78 is 26.0. The highest BCUT2D eigenvalue weighted by Crippen LogP contribution is 2.07. The molecule has 0 heterocycles. The number of unbranched alkanes of at least 4 members (excludes halogenated alkanes) is 1. The molecule has 0 radical (unpaired) electrons. The first kappa shape index (κ1) is 14.2. The number of nitrogens with one attached hydrogen (secondary N) is 1. The number of sulfonamides is 1. The molecule has 0 bridgehead atoms. The van der Waals surface area contributed by atoms with Gasteiger partial charge in [0.2, 0.25) is 10.0 Å². The van der Waals surface area contributed by atoms with Crippen molar-refractivity contribution in [2.75, 3.05) is 6.54 Å². The van der Waals surface area contributed by atoms with Gasteiger partial charge in [-0.25, -0.2) is 13.1 Å². The van der Waals surface area contributed by atoms with Crippen molar-refractivity contribution >= 4 is 10.0 Å². The van der Waals surface area contributed by atoms with Gasteiger partial charge in [0.1, 0.15) is 0 Å². The first-order valence-corrected chi connectivity index (χ1v) is 7.48. The van der Waals surface area contributed by atoms with Crippen LogP contribution in [0.2, 0.25) is 0 Å². The molecule has 0 aromatic heterocycles.